The van der Waals surface area contributed by atoms with Crippen LogP contribution < -0.4 is 11.1 Å². The first-order valence-corrected chi connectivity index (χ1v) is 5.54. The summed E-state index contributed by atoms with van der Waals surface area (Å²) in [5, 5.41) is 7.26. The van der Waals surface area contributed by atoms with Gasteiger partial charge in [-0.05, 0) is 32.9 Å². The van der Waals surface area contributed by atoms with Gasteiger partial charge in [0.1, 0.15) is 0 Å². The molecule has 1 unspecified atom stereocenters. The highest BCUT2D eigenvalue weighted by molar-refractivity contribution is 4.97. The second-order valence-electron chi connectivity index (χ2n) is 4.25. The molecule has 0 radical (unpaired) electrons. The molecular formula is C10H18N4O. The molecule has 5 heteroatoms. The molecule has 0 bridgehead atoms. The van der Waals surface area contributed by atoms with Gasteiger partial charge in [-0.3, -0.25) is 0 Å². The summed E-state index contributed by atoms with van der Waals surface area (Å²) in [5.41, 5.74) is 5.68. The SMILES string of the molecule is CC(N)Cc1noc(C2CCNCC2)n1. The predicted molar refractivity (Wildman–Crippen MR) is 56.5 cm³/mol. The van der Waals surface area contributed by atoms with Crippen molar-refractivity contribution in [3.8, 4) is 0 Å². The number of hydrogen-bond donors (Lipinski definition) is 2. The zero-order chi connectivity index (χ0) is 10.7. The molecule has 0 saturated carbocycles. The van der Waals surface area contributed by atoms with Gasteiger partial charge in [0.15, 0.2) is 5.82 Å². The number of piperidine rings is 1. The Kier molecular flexibility index (Phi) is 3.33. The van der Waals surface area contributed by atoms with Gasteiger partial charge in [0.2, 0.25) is 5.89 Å². The van der Waals surface area contributed by atoms with E-state index in [-0.39, 0.29) is 6.04 Å². The molecule has 1 saturated heterocycles. The predicted octanol–water partition coefficient (Wildman–Crippen LogP) is 0.426. The van der Waals surface area contributed by atoms with Crippen LogP contribution in [-0.4, -0.2) is 29.3 Å². The molecule has 1 aliphatic rings. The van der Waals surface area contributed by atoms with Crippen LogP contribution in [0.15, 0.2) is 4.52 Å². The zero-order valence-corrected chi connectivity index (χ0v) is 9.07. The molecule has 2 heterocycles. The van der Waals surface area contributed by atoms with Crippen LogP contribution in [0.25, 0.3) is 0 Å². The first kappa shape index (κ1) is 10.6. The van der Waals surface area contributed by atoms with Crippen molar-refractivity contribution in [2.24, 2.45) is 5.73 Å². The molecule has 1 aromatic rings. The van der Waals surface area contributed by atoms with Gasteiger partial charge in [-0.25, -0.2) is 0 Å². The number of aromatic nitrogens is 2. The Bertz CT molecular complexity index is 304. The molecule has 1 aromatic heterocycles. The molecule has 0 aliphatic carbocycles. The van der Waals surface area contributed by atoms with Crippen molar-refractivity contribution in [1.29, 1.82) is 0 Å². The van der Waals surface area contributed by atoms with Crippen LogP contribution in [-0.2, 0) is 6.42 Å². The van der Waals surface area contributed by atoms with E-state index in [2.05, 4.69) is 15.5 Å². The van der Waals surface area contributed by atoms with Gasteiger partial charge in [0.05, 0.1) is 0 Å². The van der Waals surface area contributed by atoms with Crippen molar-refractivity contribution >= 4 is 0 Å². The topological polar surface area (TPSA) is 77.0 Å². The second-order valence-corrected chi connectivity index (χ2v) is 4.25. The largest absolute Gasteiger partial charge is 0.339 e. The summed E-state index contributed by atoms with van der Waals surface area (Å²) in [4.78, 5) is 4.39. The van der Waals surface area contributed by atoms with Crippen molar-refractivity contribution in [2.75, 3.05) is 13.1 Å². The van der Waals surface area contributed by atoms with Crippen molar-refractivity contribution in [3.63, 3.8) is 0 Å². The van der Waals surface area contributed by atoms with Crippen LogP contribution in [0.3, 0.4) is 0 Å². The third-order valence-electron chi connectivity index (χ3n) is 2.68. The number of nitrogens with zero attached hydrogens (tertiary/aromatic N) is 2. The van der Waals surface area contributed by atoms with Crippen LogP contribution in [0.1, 0.15) is 37.4 Å². The quantitative estimate of drug-likeness (QED) is 0.756. The van der Waals surface area contributed by atoms with E-state index >= 15 is 0 Å². The van der Waals surface area contributed by atoms with Gasteiger partial charge >= 0.3 is 0 Å². The Hall–Kier alpha value is -0.940. The standard InChI is InChI=1S/C10H18N4O/c1-7(11)6-9-13-10(15-14-9)8-2-4-12-5-3-8/h7-8,12H,2-6,11H2,1H3. The van der Waals surface area contributed by atoms with Gasteiger partial charge in [-0.2, -0.15) is 4.98 Å². The summed E-state index contributed by atoms with van der Waals surface area (Å²) in [6.45, 7) is 4.02. The monoisotopic (exact) mass is 210 g/mol. The average Bonchev–Trinajstić information content (AvgIpc) is 2.67. The van der Waals surface area contributed by atoms with Crippen LogP contribution in [0, 0.1) is 0 Å². The maximum Gasteiger partial charge on any atom is 0.229 e. The van der Waals surface area contributed by atoms with E-state index in [9.17, 15) is 0 Å². The fourth-order valence-electron chi connectivity index (χ4n) is 1.87. The maximum absolute atomic E-state index is 5.68. The molecule has 15 heavy (non-hydrogen) atoms. The van der Waals surface area contributed by atoms with Crippen LogP contribution >= 0.6 is 0 Å². The summed E-state index contributed by atoms with van der Waals surface area (Å²) in [6.07, 6.45) is 2.86. The minimum atomic E-state index is 0.0865. The van der Waals surface area contributed by atoms with E-state index in [4.69, 9.17) is 10.3 Å². The van der Waals surface area contributed by atoms with Crippen LogP contribution in [0.2, 0.25) is 0 Å². The van der Waals surface area contributed by atoms with E-state index in [1.165, 1.54) is 0 Å². The fraction of sp³-hybridized carbons (Fsp3) is 0.800. The molecule has 1 fully saturated rings. The highest BCUT2D eigenvalue weighted by atomic mass is 16.5. The molecule has 0 aromatic carbocycles. The lowest BCUT2D eigenvalue weighted by Gasteiger charge is -2.18. The van der Waals surface area contributed by atoms with E-state index in [0.29, 0.717) is 12.3 Å². The van der Waals surface area contributed by atoms with Gasteiger partial charge < -0.3 is 15.6 Å². The van der Waals surface area contributed by atoms with Gasteiger partial charge in [0.25, 0.3) is 0 Å². The first-order valence-electron chi connectivity index (χ1n) is 5.54. The second kappa shape index (κ2) is 4.72. The zero-order valence-electron chi connectivity index (χ0n) is 9.07. The number of nitrogens with one attached hydrogen (secondary N) is 1. The smallest absolute Gasteiger partial charge is 0.229 e. The first-order chi connectivity index (χ1) is 7.25. The minimum Gasteiger partial charge on any atom is -0.339 e. The van der Waals surface area contributed by atoms with Crippen LogP contribution in [0.4, 0.5) is 0 Å². The van der Waals surface area contributed by atoms with Crippen molar-refractivity contribution in [2.45, 2.75) is 38.1 Å². The van der Waals surface area contributed by atoms with E-state index in [1.807, 2.05) is 6.92 Å². The number of rotatable bonds is 3. The molecular weight excluding hydrogens is 192 g/mol. The number of hydrogen-bond acceptors (Lipinski definition) is 5. The van der Waals surface area contributed by atoms with Gasteiger partial charge in [-0.1, -0.05) is 5.16 Å². The summed E-state index contributed by atoms with van der Waals surface area (Å²) in [6, 6.07) is 0.0865. The molecule has 1 aliphatic heterocycles. The van der Waals surface area contributed by atoms with E-state index < -0.39 is 0 Å². The van der Waals surface area contributed by atoms with Crippen molar-refractivity contribution in [3.05, 3.63) is 11.7 Å². The van der Waals surface area contributed by atoms with E-state index in [0.717, 1.165) is 37.6 Å². The Balaban J connectivity index is 1.99. The third-order valence-corrected chi connectivity index (χ3v) is 2.68. The Morgan fingerprint density at radius 1 is 1.53 bits per heavy atom. The minimum absolute atomic E-state index is 0.0865. The summed E-state index contributed by atoms with van der Waals surface area (Å²) in [5.74, 6) is 1.95. The highest BCUT2D eigenvalue weighted by Gasteiger charge is 2.21. The molecule has 0 amide bonds. The maximum atomic E-state index is 5.68. The molecule has 1 atom stereocenters. The van der Waals surface area contributed by atoms with Crippen LogP contribution in [0.5, 0.6) is 0 Å². The summed E-state index contributed by atoms with van der Waals surface area (Å²) < 4.78 is 5.26. The Morgan fingerprint density at radius 2 is 2.27 bits per heavy atom. The summed E-state index contributed by atoms with van der Waals surface area (Å²) >= 11 is 0. The van der Waals surface area contributed by atoms with Gasteiger partial charge in [0, 0.05) is 18.4 Å². The lowest BCUT2D eigenvalue weighted by molar-refractivity contribution is 0.318. The van der Waals surface area contributed by atoms with Crippen molar-refractivity contribution < 1.29 is 4.52 Å². The molecule has 3 N–H and O–H groups in total. The highest BCUT2D eigenvalue weighted by Crippen LogP contribution is 2.23. The summed E-state index contributed by atoms with van der Waals surface area (Å²) in [7, 11) is 0. The number of nitrogens with two attached hydrogens (primary N) is 1. The lowest BCUT2D eigenvalue weighted by atomic mass is 9.98. The lowest BCUT2D eigenvalue weighted by Crippen LogP contribution is -2.26. The van der Waals surface area contributed by atoms with E-state index in [1.54, 1.807) is 0 Å². The van der Waals surface area contributed by atoms with Crippen molar-refractivity contribution in [1.82, 2.24) is 15.5 Å². The molecule has 0 spiro atoms. The molecule has 2 rings (SSSR count). The fourth-order valence-corrected chi connectivity index (χ4v) is 1.87. The average molecular weight is 210 g/mol. The third kappa shape index (κ3) is 2.76. The Morgan fingerprint density at radius 3 is 2.93 bits per heavy atom. The molecule has 5 nitrogen and oxygen atoms in total. The van der Waals surface area contributed by atoms with Gasteiger partial charge in [-0.15, -0.1) is 0 Å². The normalized spacial score (nSPS) is 20.4. The molecule has 84 valence electrons. The Labute approximate surface area is 89.4 Å².